The van der Waals surface area contributed by atoms with Gasteiger partial charge in [-0.15, -0.1) is 0 Å². The third-order valence-corrected chi connectivity index (χ3v) is 8.44. The molecule has 6 aromatic carbocycles. The van der Waals surface area contributed by atoms with E-state index >= 15 is 0 Å². The average molecular weight is 559 g/mol. The lowest BCUT2D eigenvalue weighted by Crippen LogP contribution is -2.14. The summed E-state index contributed by atoms with van der Waals surface area (Å²) in [7, 11) is 0. The Bertz CT molecular complexity index is 2010. The van der Waals surface area contributed by atoms with Crippen molar-refractivity contribution in [2.75, 3.05) is 0 Å². The lowest BCUT2D eigenvalue weighted by molar-refractivity contribution is 0.660. The summed E-state index contributed by atoms with van der Waals surface area (Å²) < 4.78 is 5.86. The lowest BCUT2D eigenvalue weighted by Gasteiger charge is -2.21. The lowest BCUT2D eigenvalue weighted by atomic mass is 9.82. The van der Waals surface area contributed by atoms with E-state index in [4.69, 9.17) is 4.42 Å². The molecule has 0 atom stereocenters. The highest BCUT2D eigenvalue weighted by molar-refractivity contribution is 6.06. The van der Waals surface area contributed by atoms with Gasteiger partial charge in [0.15, 0.2) is 0 Å². The van der Waals surface area contributed by atoms with Crippen molar-refractivity contribution in [1.82, 2.24) is 0 Å². The molecule has 212 valence electrons. The highest BCUT2D eigenvalue weighted by Crippen LogP contribution is 2.48. The summed E-state index contributed by atoms with van der Waals surface area (Å²) in [6.07, 6.45) is 0. The van der Waals surface area contributed by atoms with E-state index in [1.54, 1.807) is 0 Å². The first-order chi connectivity index (χ1) is 20.8. The van der Waals surface area contributed by atoms with Crippen LogP contribution in [0.4, 0.5) is 0 Å². The van der Waals surface area contributed by atoms with Gasteiger partial charge in [-0.2, -0.15) is 0 Å². The van der Waals surface area contributed by atoms with E-state index in [0.29, 0.717) is 0 Å². The van der Waals surface area contributed by atoms with Crippen LogP contribution in [0, 0.1) is 20.8 Å². The highest BCUT2D eigenvalue weighted by Gasteiger charge is 2.34. The largest absolute Gasteiger partial charge is 0.456 e. The summed E-state index contributed by atoms with van der Waals surface area (Å²) in [4.78, 5) is 0. The second-order valence-corrected chi connectivity index (χ2v) is 12.0. The Morgan fingerprint density at radius 2 is 1.00 bits per heavy atom. The van der Waals surface area contributed by atoms with Gasteiger partial charge in [0.2, 0.25) is 0 Å². The topological polar surface area (TPSA) is 13.1 Å². The number of fused-ring (bicyclic) bond motifs is 6. The van der Waals surface area contributed by atoms with Crippen LogP contribution in [0.3, 0.4) is 0 Å². The molecule has 0 amide bonds. The molecule has 1 heterocycles. The summed E-state index contributed by atoms with van der Waals surface area (Å²) in [5, 5.41) is 2.36. The minimum absolute atomic E-state index is 0.151. The molecule has 43 heavy (non-hydrogen) atoms. The van der Waals surface area contributed by atoms with Crippen LogP contribution in [0.15, 0.2) is 144 Å². The predicted molar refractivity (Wildman–Crippen MR) is 184 cm³/mol. The molecule has 0 radical (unpaired) electrons. The molecule has 0 saturated heterocycles. The zero-order valence-electron chi connectivity index (χ0n) is 25.7. The summed E-state index contributed by atoms with van der Waals surface area (Å²) in [6.45, 7) is 11.0. The van der Waals surface area contributed by atoms with E-state index in [-0.39, 0.29) is 5.41 Å². The number of hydrogen-bond acceptors (Lipinski definition) is 1. The minimum atomic E-state index is 0.151. The van der Waals surface area contributed by atoms with E-state index in [0.717, 1.165) is 11.2 Å². The van der Waals surface area contributed by atoms with Crippen LogP contribution in [-0.2, 0) is 5.41 Å². The van der Waals surface area contributed by atoms with Gasteiger partial charge in [-0.25, -0.2) is 0 Å². The van der Waals surface area contributed by atoms with Crippen LogP contribution in [0.25, 0.3) is 44.2 Å². The Morgan fingerprint density at radius 1 is 0.419 bits per heavy atom. The zero-order valence-corrected chi connectivity index (χ0v) is 25.7. The van der Waals surface area contributed by atoms with Gasteiger partial charge in [0.1, 0.15) is 11.2 Å². The highest BCUT2D eigenvalue weighted by atomic mass is 16.3. The first-order valence-corrected chi connectivity index (χ1v) is 15.0. The third-order valence-electron chi connectivity index (χ3n) is 8.44. The Balaban J connectivity index is 0.000000128. The molecule has 1 nitrogen and oxygen atoms in total. The molecule has 0 bridgehead atoms. The maximum absolute atomic E-state index is 5.86. The van der Waals surface area contributed by atoms with Gasteiger partial charge >= 0.3 is 0 Å². The number of rotatable bonds is 1. The van der Waals surface area contributed by atoms with Gasteiger partial charge in [-0.05, 0) is 72.4 Å². The fraction of sp³-hybridized carbons (Fsp3) is 0.143. The van der Waals surface area contributed by atoms with Crippen molar-refractivity contribution in [2.45, 2.75) is 40.0 Å². The molecule has 0 saturated carbocycles. The normalized spacial score (nSPS) is 12.5. The maximum atomic E-state index is 5.86. The minimum Gasteiger partial charge on any atom is -0.456 e. The van der Waals surface area contributed by atoms with Crippen molar-refractivity contribution in [1.29, 1.82) is 0 Å². The zero-order chi connectivity index (χ0) is 30.0. The van der Waals surface area contributed by atoms with Gasteiger partial charge in [-0.3, -0.25) is 0 Å². The second-order valence-electron chi connectivity index (χ2n) is 12.0. The number of benzene rings is 6. The van der Waals surface area contributed by atoms with Crippen molar-refractivity contribution >= 4 is 21.9 Å². The Morgan fingerprint density at radius 3 is 1.74 bits per heavy atom. The molecular formula is C42H38O. The van der Waals surface area contributed by atoms with E-state index in [1.165, 1.54) is 60.8 Å². The van der Waals surface area contributed by atoms with E-state index in [9.17, 15) is 0 Å². The van der Waals surface area contributed by atoms with Crippen molar-refractivity contribution in [3.63, 3.8) is 0 Å². The molecule has 0 N–H and O–H groups in total. The maximum Gasteiger partial charge on any atom is 0.135 e. The average Bonchev–Trinajstić information content (AvgIpc) is 3.50. The number of para-hydroxylation sites is 1. The van der Waals surface area contributed by atoms with Crippen molar-refractivity contribution in [3.8, 4) is 22.3 Å². The van der Waals surface area contributed by atoms with Crippen LogP contribution in [0.1, 0.15) is 41.7 Å². The summed E-state index contributed by atoms with van der Waals surface area (Å²) in [5.41, 5.74) is 14.2. The van der Waals surface area contributed by atoms with Crippen LogP contribution in [0.2, 0.25) is 0 Å². The molecule has 8 rings (SSSR count). The first kappa shape index (κ1) is 28.2. The molecule has 7 aromatic rings. The van der Waals surface area contributed by atoms with Gasteiger partial charge in [0.05, 0.1) is 0 Å². The Labute approximate surface area is 255 Å². The SMILES string of the molecule is Cc1ccc(-c2ccc3oc4ccccc4c3c2)cc1.Cc1ccc2c(c1)C(C)(C)c1ccccc1-2.Cc1ccccc1. The molecule has 0 fully saturated rings. The monoisotopic (exact) mass is 558 g/mol. The number of aryl methyl sites for hydroxylation is 3. The smallest absolute Gasteiger partial charge is 0.135 e. The number of hydrogen-bond donors (Lipinski definition) is 0. The van der Waals surface area contributed by atoms with Gasteiger partial charge in [-0.1, -0.05) is 152 Å². The Kier molecular flexibility index (Phi) is 7.74. The van der Waals surface area contributed by atoms with Crippen LogP contribution in [0.5, 0.6) is 0 Å². The molecule has 1 heteroatoms. The van der Waals surface area contributed by atoms with Crippen molar-refractivity contribution in [2.24, 2.45) is 0 Å². The molecule has 1 aromatic heterocycles. The Hall–Kier alpha value is -4.88. The van der Waals surface area contributed by atoms with Crippen molar-refractivity contribution < 1.29 is 4.42 Å². The van der Waals surface area contributed by atoms with Crippen LogP contribution in [-0.4, -0.2) is 0 Å². The molecular weight excluding hydrogens is 520 g/mol. The van der Waals surface area contributed by atoms with E-state index in [1.807, 2.05) is 30.3 Å². The van der Waals surface area contributed by atoms with E-state index < -0.39 is 0 Å². The second kappa shape index (κ2) is 11.8. The summed E-state index contributed by atoms with van der Waals surface area (Å²) in [6, 6.07) is 49.0. The van der Waals surface area contributed by atoms with Gasteiger partial charge in [0.25, 0.3) is 0 Å². The van der Waals surface area contributed by atoms with E-state index in [2.05, 4.69) is 144 Å². The standard InChI is InChI=1S/C19H14O.C16H16.C7H8/c1-13-6-8-14(9-7-13)15-10-11-19-17(12-15)16-4-2-3-5-18(16)20-19;1-11-8-9-13-12-6-4-5-7-14(12)16(2,3)15(13)10-11;1-7-5-3-2-4-6-7/h2-12H,1H3;4-10H,1-3H3;2-6H,1H3. The van der Waals surface area contributed by atoms with Gasteiger partial charge in [0, 0.05) is 16.2 Å². The van der Waals surface area contributed by atoms with Gasteiger partial charge < -0.3 is 4.42 Å². The van der Waals surface area contributed by atoms with Crippen LogP contribution < -0.4 is 0 Å². The fourth-order valence-electron chi connectivity index (χ4n) is 6.00. The summed E-state index contributed by atoms with van der Waals surface area (Å²) >= 11 is 0. The molecule has 0 aliphatic heterocycles. The molecule has 0 spiro atoms. The molecule has 1 aliphatic carbocycles. The quantitative estimate of drug-likeness (QED) is 0.195. The fourth-order valence-corrected chi connectivity index (χ4v) is 6.00. The van der Waals surface area contributed by atoms with Crippen LogP contribution >= 0.6 is 0 Å². The molecule has 1 aliphatic rings. The summed E-state index contributed by atoms with van der Waals surface area (Å²) in [5.74, 6) is 0. The third kappa shape index (κ3) is 5.76. The first-order valence-electron chi connectivity index (χ1n) is 15.0. The predicted octanol–water partition coefficient (Wildman–Crippen LogP) is 11.9. The molecule has 0 unspecified atom stereocenters. The number of furan rings is 1. The van der Waals surface area contributed by atoms with Crippen molar-refractivity contribution in [3.05, 3.63) is 167 Å².